The molecule has 5 heteroatoms. The average Bonchev–Trinajstić information content (AvgIpc) is 2.77. The molecular formula is C13H16Cl2N2O. The normalized spacial score (nSPS) is 19.1. The minimum Gasteiger partial charge on any atom is -0.334 e. The lowest BCUT2D eigenvalue weighted by Crippen LogP contribution is -2.41. The second-order valence-electron chi connectivity index (χ2n) is 4.59. The highest BCUT2D eigenvalue weighted by Crippen LogP contribution is 2.22. The second-order valence-corrected chi connectivity index (χ2v) is 5.41. The summed E-state index contributed by atoms with van der Waals surface area (Å²) in [5, 5.41) is 3.94. The molecule has 3 nitrogen and oxygen atoms in total. The first kappa shape index (κ1) is 13.5. The fraction of sp³-hybridized carbons (Fsp3) is 0.462. The monoisotopic (exact) mass is 286 g/mol. The number of rotatable bonds is 2. The summed E-state index contributed by atoms with van der Waals surface area (Å²) in [6.07, 6.45) is 2.17. The molecule has 1 N–H and O–H groups in total. The van der Waals surface area contributed by atoms with Crippen LogP contribution in [0.15, 0.2) is 18.2 Å². The molecule has 1 atom stereocenters. The minimum atomic E-state index is -0.00827. The van der Waals surface area contributed by atoms with Crippen molar-refractivity contribution in [2.45, 2.75) is 32.4 Å². The molecule has 1 aromatic carbocycles. The second kappa shape index (κ2) is 5.81. The van der Waals surface area contributed by atoms with Gasteiger partial charge >= 0.3 is 6.03 Å². The maximum absolute atomic E-state index is 11.9. The number of hydrogen-bond acceptors (Lipinski definition) is 1. The Kier molecular flexibility index (Phi) is 4.36. The van der Waals surface area contributed by atoms with Crippen LogP contribution in [0.25, 0.3) is 0 Å². The van der Waals surface area contributed by atoms with Crippen LogP contribution in [-0.2, 0) is 6.54 Å². The molecule has 1 unspecified atom stereocenters. The highest BCUT2D eigenvalue weighted by atomic mass is 35.5. The van der Waals surface area contributed by atoms with Crippen molar-refractivity contribution in [3.8, 4) is 0 Å². The number of nitrogens with one attached hydrogen (secondary N) is 1. The van der Waals surface area contributed by atoms with Crippen molar-refractivity contribution in [2.75, 3.05) is 6.54 Å². The van der Waals surface area contributed by atoms with Gasteiger partial charge in [0.2, 0.25) is 0 Å². The Morgan fingerprint density at radius 1 is 1.44 bits per heavy atom. The zero-order chi connectivity index (χ0) is 13.1. The molecule has 2 rings (SSSR count). The molecule has 1 aliphatic heterocycles. The molecule has 0 bridgehead atoms. The highest BCUT2D eigenvalue weighted by molar-refractivity contribution is 6.42. The number of hydrogen-bond donors (Lipinski definition) is 1. The Bertz CT molecular complexity index is 451. The molecule has 0 aliphatic carbocycles. The van der Waals surface area contributed by atoms with Crippen LogP contribution in [-0.4, -0.2) is 23.5 Å². The summed E-state index contributed by atoms with van der Waals surface area (Å²) in [5.74, 6) is 0. The van der Waals surface area contributed by atoms with Gasteiger partial charge in [-0.3, -0.25) is 0 Å². The van der Waals surface area contributed by atoms with Crippen molar-refractivity contribution < 1.29 is 4.79 Å². The Hall–Kier alpha value is -0.930. The largest absolute Gasteiger partial charge is 0.334 e. The van der Waals surface area contributed by atoms with E-state index in [0.717, 1.165) is 24.9 Å². The van der Waals surface area contributed by atoms with Gasteiger partial charge in [0.15, 0.2) is 0 Å². The van der Waals surface area contributed by atoms with Crippen molar-refractivity contribution in [3.05, 3.63) is 33.8 Å². The topological polar surface area (TPSA) is 32.3 Å². The SMILES string of the molecule is CC1CCCN1C(=O)NCc1ccc(Cl)c(Cl)c1. The molecule has 0 radical (unpaired) electrons. The summed E-state index contributed by atoms with van der Waals surface area (Å²) in [4.78, 5) is 13.8. The molecule has 1 saturated heterocycles. The smallest absolute Gasteiger partial charge is 0.317 e. The number of benzene rings is 1. The third-order valence-corrected chi connectivity index (χ3v) is 3.98. The lowest BCUT2D eigenvalue weighted by molar-refractivity contribution is 0.195. The van der Waals surface area contributed by atoms with E-state index in [0.29, 0.717) is 22.6 Å². The summed E-state index contributed by atoms with van der Waals surface area (Å²) in [7, 11) is 0. The van der Waals surface area contributed by atoms with E-state index in [-0.39, 0.29) is 6.03 Å². The number of urea groups is 1. The number of carbonyl (C=O) groups is 1. The standard InChI is InChI=1S/C13H16Cl2N2O/c1-9-3-2-6-17(9)13(18)16-8-10-4-5-11(14)12(15)7-10/h4-5,7,9H,2-3,6,8H2,1H3,(H,16,18). The van der Waals surface area contributed by atoms with E-state index in [1.165, 1.54) is 0 Å². The number of amides is 2. The van der Waals surface area contributed by atoms with Gasteiger partial charge < -0.3 is 10.2 Å². The van der Waals surface area contributed by atoms with Crippen molar-refractivity contribution in [1.29, 1.82) is 0 Å². The summed E-state index contributed by atoms with van der Waals surface area (Å²) in [6, 6.07) is 5.70. The number of nitrogens with zero attached hydrogens (tertiary/aromatic N) is 1. The van der Waals surface area contributed by atoms with Gasteiger partial charge in [-0.2, -0.15) is 0 Å². The van der Waals surface area contributed by atoms with Crippen LogP contribution < -0.4 is 5.32 Å². The van der Waals surface area contributed by atoms with Crippen molar-refractivity contribution in [3.63, 3.8) is 0 Å². The fourth-order valence-electron chi connectivity index (χ4n) is 2.16. The molecule has 2 amide bonds. The Labute approximate surface area is 117 Å². The summed E-state index contributed by atoms with van der Waals surface area (Å²) in [5.41, 5.74) is 0.949. The predicted octanol–water partition coefficient (Wildman–Crippen LogP) is 3.69. The van der Waals surface area contributed by atoms with Crippen molar-refractivity contribution in [1.82, 2.24) is 10.2 Å². The van der Waals surface area contributed by atoms with Crippen molar-refractivity contribution in [2.24, 2.45) is 0 Å². The molecule has 0 saturated carbocycles. The van der Waals surface area contributed by atoms with Gasteiger partial charge in [0.05, 0.1) is 10.0 Å². The first-order valence-electron chi connectivity index (χ1n) is 6.06. The van der Waals surface area contributed by atoms with Gasteiger partial charge in [-0.15, -0.1) is 0 Å². The Morgan fingerprint density at radius 2 is 2.22 bits per heavy atom. The first-order chi connectivity index (χ1) is 8.58. The molecule has 1 aliphatic rings. The average molecular weight is 287 g/mol. The van der Waals surface area contributed by atoms with Gasteiger partial charge in [-0.1, -0.05) is 29.3 Å². The summed E-state index contributed by atoms with van der Waals surface area (Å²) >= 11 is 11.8. The molecule has 1 aromatic rings. The first-order valence-corrected chi connectivity index (χ1v) is 6.82. The van der Waals surface area contributed by atoms with E-state index < -0.39 is 0 Å². The van der Waals surface area contributed by atoms with Gasteiger partial charge in [0, 0.05) is 19.1 Å². The van der Waals surface area contributed by atoms with Crippen LogP contribution in [0.1, 0.15) is 25.3 Å². The van der Waals surface area contributed by atoms with Crippen LogP contribution >= 0.6 is 23.2 Å². The van der Waals surface area contributed by atoms with Crippen LogP contribution in [0.5, 0.6) is 0 Å². The lowest BCUT2D eigenvalue weighted by Gasteiger charge is -2.21. The number of halogens is 2. The molecule has 1 heterocycles. The third-order valence-electron chi connectivity index (χ3n) is 3.24. The predicted molar refractivity (Wildman–Crippen MR) is 74.1 cm³/mol. The van der Waals surface area contributed by atoms with Crippen LogP contribution in [0.4, 0.5) is 4.79 Å². The molecular weight excluding hydrogens is 271 g/mol. The summed E-state index contributed by atoms with van der Waals surface area (Å²) in [6.45, 7) is 3.39. The zero-order valence-corrected chi connectivity index (χ0v) is 11.8. The quantitative estimate of drug-likeness (QED) is 0.884. The molecule has 98 valence electrons. The van der Waals surface area contributed by atoms with E-state index in [4.69, 9.17) is 23.2 Å². The van der Waals surface area contributed by atoms with E-state index in [1.807, 2.05) is 11.0 Å². The maximum atomic E-state index is 11.9. The van der Waals surface area contributed by atoms with Crippen molar-refractivity contribution >= 4 is 29.2 Å². The molecule has 1 fully saturated rings. The van der Waals surface area contributed by atoms with Crippen LogP contribution in [0, 0.1) is 0 Å². The minimum absolute atomic E-state index is 0.00827. The molecule has 18 heavy (non-hydrogen) atoms. The highest BCUT2D eigenvalue weighted by Gasteiger charge is 2.24. The number of carbonyl (C=O) groups excluding carboxylic acids is 1. The van der Waals surface area contributed by atoms with E-state index in [9.17, 15) is 4.79 Å². The van der Waals surface area contributed by atoms with Gasteiger partial charge in [-0.25, -0.2) is 4.79 Å². The van der Waals surface area contributed by atoms with E-state index >= 15 is 0 Å². The Balaban J connectivity index is 1.91. The van der Waals surface area contributed by atoms with Crippen LogP contribution in [0.2, 0.25) is 10.0 Å². The van der Waals surface area contributed by atoms with E-state index in [2.05, 4.69) is 12.2 Å². The molecule has 0 aromatic heterocycles. The third kappa shape index (κ3) is 3.09. The zero-order valence-electron chi connectivity index (χ0n) is 10.2. The molecule has 0 spiro atoms. The fourth-order valence-corrected chi connectivity index (χ4v) is 2.48. The Morgan fingerprint density at radius 3 is 2.83 bits per heavy atom. The number of likely N-dealkylation sites (tertiary alicyclic amines) is 1. The van der Waals surface area contributed by atoms with Gasteiger partial charge in [0.25, 0.3) is 0 Å². The maximum Gasteiger partial charge on any atom is 0.317 e. The van der Waals surface area contributed by atoms with Gasteiger partial charge in [-0.05, 0) is 37.5 Å². The lowest BCUT2D eigenvalue weighted by atomic mass is 10.2. The summed E-state index contributed by atoms with van der Waals surface area (Å²) < 4.78 is 0. The van der Waals surface area contributed by atoms with E-state index in [1.54, 1.807) is 12.1 Å². The van der Waals surface area contributed by atoms with Crippen LogP contribution in [0.3, 0.4) is 0 Å². The van der Waals surface area contributed by atoms with Gasteiger partial charge in [0.1, 0.15) is 0 Å².